The van der Waals surface area contributed by atoms with Crippen LogP contribution in [0.5, 0.6) is 5.75 Å². The van der Waals surface area contributed by atoms with Crippen LogP contribution in [-0.4, -0.2) is 49.2 Å². The van der Waals surface area contributed by atoms with Gasteiger partial charge in [0.25, 0.3) is 5.91 Å². The molecule has 5 heterocycles. The van der Waals surface area contributed by atoms with E-state index in [0.29, 0.717) is 33.8 Å². The van der Waals surface area contributed by atoms with E-state index in [9.17, 15) is 9.18 Å². The molecule has 0 unspecified atom stereocenters. The number of nitrogens with one attached hydrogen (secondary N) is 1. The molecule has 3 aromatic rings. The van der Waals surface area contributed by atoms with Crippen molar-refractivity contribution >= 4 is 17.5 Å². The van der Waals surface area contributed by atoms with Gasteiger partial charge in [0.2, 0.25) is 0 Å². The predicted octanol–water partition coefficient (Wildman–Crippen LogP) is 4.03. The maximum atomic E-state index is 14.8. The van der Waals surface area contributed by atoms with Crippen molar-refractivity contribution in [2.45, 2.75) is 25.8 Å². The Morgan fingerprint density at radius 3 is 2.63 bits per heavy atom. The number of hydrogen-bond acceptors (Lipinski definition) is 6. The second kappa shape index (κ2) is 8.61. The summed E-state index contributed by atoms with van der Waals surface area (Å²) in [6.07, 6.45) is 5.10. The molecule has 0 saturated carbocycles. The summed E-state index contributed by atoms with van der Waals surface area (Å²) >= 11 is 0. The molecule has 1 N–H and O–H groups in total. The van der Waals surface area contributed by atoms with Crippen LogP contribution in [0.15, 0.2) is 48.7 Å². The molecule has 6 rings (SSSR count). The van der Waals surface area contributed by atoms with E-state index in [1.807, 2.05) is 18.2 Å². The van der Waals surface area contributed by atoms with Crippen LogP contribution in [-0.2, 0) is 6.54 Å². The van der Waals surface area contributed by atoms with Crippen molar-refractivity contribution in [2.24, 2.45) is 5.41 Å². The molecular formula is C27H28FN5O2. The van der Waals surface area contributed by atoms with Crippen molar-refractivity contribution in [1.29, 1.82) is 0 Å². The zero-order chi connectivity index (χ0) is 24.0. The third-order valence-electron chi connectivity index (χ3n) is 7.76. The number of benzene rings is 1. The summed E-state index contributed by atoms with van der Waals surface area (Å²) in [5.74, 6) is 1.28. The molecule has 3 aliphatic heterocycles. The molecule has 180 valence electrons. The van der Waals surface area contributed by atoms with Crippen LogP contribution in [0.1, 0.15) is 35.2 Å². The van der Waals surface area contributed by atoms with Gasteiger partial charge in [-0.05, 0) is 61.6 Å². The zero-order valence-electron chi connectivity index (χ0n) is 19.8. The quantitative estimate of drug-likeness (QED) is 0.617. The zero-order valence-corrected chi connectivity index (χ0v) is 19.8. The molecule has 2 aromatic heterocycles. The van der Waals surface area contributed by atoms with Gasteiger partial charge in [0.15, 0.2) is 0 Å². The van der Waals surface area contributed by atoms with Gasteiger partial charge in [-0.25, -0.2) is 9.37 Å². The van der Waals surface area contributed by atoms with E-state index in [0.717, 1.165) is 44.8 Å². The minimum Gasteiger partial charge on any atom is -0.496 e. The Morgan fingerprint density at radius 1 is 1.06 bits per heavy atom. The van der Waals surface area contributed by atoms with E-state index in [-0.39, 0.29) is 18.0 Å². The summed E-state index contributed by atoms with van der Waals surface area (Å²) in [5, 5.41) is 3.51. The highest BCUT2D eigenvalue weighted by molar-refractivity contribution is 6.10. The van der Waals surface area contributed by atoms with Crippen LogP contribution < -0.4 is 19.9 Å². The van der Waals surface area contributed by atoms with E-state index < -0.39 is 5.82 Å². The van der Waals surface area contributed by atoms with E-state index in [2.05, 4.69) is 15.2 Å². The Bertz CT molecular complexity index is 1280. The number of anilines is 2. The number of hydrogen-bond donors (Lipinski definition) is 1. The highest BCUT2D eigenvalue weighted by Crippen LogP contribution is 2.40. The fourth-order valence-corrected chi connectivity index (χ4v) is 5.70. The van der Waals surface area contributed by atoms with Crippen molar-refractivity contribution in [2.75, 3.05) is 43.1 Å². The van der Waals surface area contributed by atoms with Gasteiger partial charge in [-0.1, -0.05) is 12.1 Å². The van der Waals surface area contributed by atoms with Gasteiger partial charge in [0.1, 0.15) is 23.2 Å². The van der Waals surface area contributed by atoms with Gasteiger partial charge >= 0.3 is 0 Å². The Morgan fingerprint density at radius 2 is 1.86 bits per heavy atom. The minimum absolute atomic E-state index is 0.154. The molecule has 0 atom stereocenters. The van der Waals surface area contributed by atoms with Gasteiger partial charge in [-0.3, -0.25) is 14.7 Å². The summed E-state index contributed by atoms with van der Waals surface area (Å²) < 4.78 is 20.2. The monoisotopic (exact) mass is 473 g/mol. The number of nitrogens with zero attached hydrogens (tertiary/aromatic N) is 4. The maximum absolute atomic E-state index is 14.8. The molecule has 2 fully saturated rings. The topological polar surface area (TPSA) is 70.6 Å². The molecule has 7 nitrogen and oxygen atoms in total. The van der Waals surface area contributed by atoms with Crippen LogP contribution in [0.25, 0.3) is 11.3 Å². The third kappa shape index (κ3) is 3.72. The standard InChI is InChI=1S/C27H28FN5O2/c1-35-21-5-2-4-20(28)24(21)25-19-16-33(26(34)18(19)8-12-30-25)23-7-3-6-22(31-23)32-14-10-27(11-15-32)9-13-29-17-27/h2-8,12,29H,9-11,13-17H2,1H3. The van der Waals surface area contributed by atoms with E-state index >= 15 is 0 Å². The minimum atomic E-state index is -0.434. The van der Waals surface area contributed by atoms with Crippen LogP contribution in [0, 0.1) is 11.2 Å². The average molecular weight is 474 g/mol. The SMILES string of the molecule is COc1cccc(F)c1-c1nccc2c1CN(c1cccc(N3CCC4(CCNC4)CC3)n1)C2=O. The normalized spacial score (nSPS) is 18.9. The molecule has 2 saturated heterocycles. The number of carbonyl (C=O) groups is 1. The summed E-state index contributed by atoms with van der Waals surface area (Å²) in [6.45, 7) is 4.43. The lowest BCUT2D eigenvalue weighted by molar-refractivity contribution is 0.0996. The second-order valence-electron chi connectivity index (χ2n) is 9.66. The first-order valence-corrected chi connectivity index (χ1v) is 12.1. The average Bonchev–Trinajstić information content (AvgIpc) is 3.49. The van der Waals surface area contributed by atoms with Crippen molar-refractivity contribution in [1.82, 2.24) is 15.3 Å². The number of aromatic nitrogens is 2. The summed E-state index contributed by atoms with van der Waals surface area (Å²) in [5.41, 5.74) is 2.32. The molecule has 35 heavy (non-hydrogen) atoms. The maximum Gasteiger partial charge on any atom is 0.260 e. The van der Waals surface area contributed by atoms with Gasteiger partial charge in [0, 0.05) is 37.0 Å². The molecular weight excluding hydrogens is 445 g/mol. The van der Waals surface area contributed by atoms with E-state index in [1.165, 1.54) is 19.6 Å². The third-order valence-corrected chi connectivity index (χ3v) is 7.76. The molecule has 1 spiro atoms. The fourth-order valence-electron chi connectivity index (χ4n) is 5.70. The highest BCUT2D eigenvalue weighted by Gasteiger charge is 2.38. The molecule has 1 amide bonds. The van der Waals surface area contributed by atoms with Crippen molar-refractivity contribution < 1.29 is 13.9 Å². The highest BCUT2D eigenvalue weighted by atomic mass is 19.1. The Balaban J connectivity index is 1.29. The van der Waals surface area contributed by atoms with Gasteiger partial charge in [0.05, 0.1) is 24.9 Å². The van der Waals surface area contributed by atoms with Gasteiger partial charge < -0.3 is 15.0 Å². The number of rotatable bonds is 4. The summed E-state index contributed by atoms with van der Waals surface area (Å²) in [4.78, 5) is 26.7. The molecule has 0 bridgehead atoms. The smallest absolute Gasteiger partial charge is 0.260 e. The fraction of sp³-hybridized carbons (Fsp3) is 0.370. The molecule has 3 aliphatic rings. The number of halogens is 1. The molecule has 0 radical (unpaired) electrons. The van der Waals surface area contributed by atoms with Crippen molar-refractivity contribution in [3.05, 3.63) is 65.6 Å². The Hall–Kier alpha value is -3.52. The second-order valence-corrected chi connectivity index (χ2v) is 9.66. The largest absolute Gasteiger partial charge is 0.496 e. The first-order chi connectivity index (χ1) is 17.1. The molecule has 1 aromatic carbocycles. The first kappa shape index (κ1) is 22.0. The van der Waals surface area contributed by atoms with Crippen LogP contribution in [0.3, 0.4) is 0 Å². The summed E-state index contributed by atoms with van der Waals surface area (Å²) in [6, 6.07) is 12.2. The van der Waals surface area contributed by atoms with Gasteiger partial charge in [-0.2, -0.15) is 0 Å². The number of carbonyl (C=O) groups excluding carboxylic acids is 1. The van der Waals surface area contributed by atoms with Crippen LogP contribution in [0.4, 0.5) is 16.0 Å². The van der Waals surface area contributed by atoms with Crippen LogP contribution >= 0.6 is 0 Å². The number of piperidine rings is 1. The lowest BCUT2D eigenvalue weighted by Gasteiger charge is -2.39. The molecule has 0 aliphatic carbocycles. The predicted molar refractivity (Wildman–Crippen MR) is 132 cm³/mol. The Kier molecular flexibility index (Phi) is 5.40. The lowest BCUT2D eigenvalue weighted by atomic mass is 9.78. The number of amides is 1. The number of pyridine rings is 2. The number of methoxy groups -OCH3 is 1. The van der Waals surface area contributed by atoms with Crippen LogP contribution in [0.2, 0.25) is 0 Å². The van der Waals surface area contributed by atoms with Gasteiger partial charge in [-0.15, -0.1) is 0 Å². The Labute approximate surface area is 203 Å². The van der Waals surface area contributed by atoms with E-state index in [1.54, 1.807) is 29.3 Å². The first-order valence-electron chi connectivity index (χ1n) is 12.1. The van der Waals surface area contributed by atoms with E-state index in [4.69, 9.17) is 9.72 Å². The van der Waals surface area contributed by atoms with Crippen molar-refractivity contribution in [3.8, 4) is 17.0 Å². The summed E-state index contributed by atoms with van der Waals surface area (Å²) in [7, 11) is 1.50. The number of ether oxygens (including phenoxy) is 1. The molecule has 8 heteroatoms. The number of fused-ring (bicyclic) bond motifs is 1. The lowest BCUT2D eigenvalue weighted by Crippen LogP contribution is -2.41. The van der Waals surface area contributed by atoms with Crippen molar-refractivity contribution in [3.63, 3.8) is 0 Å².